The smallest absolute Gasteiger partial charge is 0.319 e. The van der Waals surface area contributed by atoms with Crippen LogP contribution < -0.4 is 10.6 Å². The Bertz CT molecular complexity index is 556. The van der Waals surface area contributed by atoms with E-state index < -0.39 is 5.97 Å². The number of aryl methyl sites for hydroxylation is 1. The zero-order chi connectivity index (χ0) is 16.8. The van der Waals surface area contributed by atoms with E-state index in [-0.39, 0.29) is 24.7 Å². The summed E-state index contributed by atoms with van der Waals surface area (Å²) in [6, 6.07) is 7.91. The van der Waals surface area contributed by atoms with Crippen LogP contribution in [0.5, 0.6) is 0 Å². The van der Waals surface area contributed by atoms with Gasteiger partial charge >= 0.3 is 12.0 Å². The number of amides is 2. The van der Waals surface area contributed by atoms with E-state index in [4.69, 9.17) is 5.11 Å². The van der Waals surface area contributed by atoms with Crippen LogP contribution in [0, 0.1) is 0 Å². The molecular weight excluding hydrogens is 294 g/mol. The van der Waals surface area contributed by atoms with Crippen molar-refractivity contribution in [3.8, 4) is 0 Å². The quantitative estimate of drug-likeness (QED) is 0.720. The molecule has 1 aromatic carbocycles. The summed E-state index contributed by atoms with van der Waals surface area (Å²) in [5.74, 6) is -0.808. The molecule has 1 aliphatic carbocycles. The number of carboxylic acid groups (broad SMARTS) is 1. The highest BCUT2D eigenvalue weighted by Gasteiger charge is 2.34. The van der Waals surface area contributed by atoms with E-state index >= 15 is 0 Å². The number of nitrogens with one attached hydrogen (secondary N) is 2. The molecule has 6 nitrogen and oxygen atoms in total. The molecule has 0 unspecified atom stereocenters. The van der Waals surface area contributed by atoms with Crippen molar-refractivity contribution < 1.29 is 14.7 Å². The number of anilines is 1. The second kappa shape index (κ2) is 7.97. The maximum Gasteiger partial charge on any atom is 0.319 e. The molecule has 3 N–H and O–H groups in total. The topological polar surface area (TPSA) is 81.7 Å². The first-order valence-corrected chi connectivity index (χ1v) is 8.14. The average molecular weight is 319 g/mol. The normalized spacial score (nSPS) is 20.0. The summed E-state index contributed by atoms with van der Waals surface area (Å²) in [6.45, 7) is 4.78. The van der Waals surface area contributed by atoms with Gasteiger partial charge < -0.3 is 15.7 Å². The van der Waals surface area contributed by atoms with Gasteiger partial charge in [-0.2, -0.15) is 0 Å². The molecular formula is C17H25N3O3. The minimum Gasteiger partial charge on any atom is -0.480 e. The summed E-state index contributed by atoms with van der Waals surface area (Å²) in [7, 11) is 0. The fourth-order valence-corrected chi connectivity index (χ4v) is 2.97. The van der Waals surface area contributed by atoms with Crippen molar-refractivity contribution >= 4 is 17.7 Å². The average Bonchev–Trinajstić information content (AvgIpc) is 2.48. The number of para-hydroxylation sites is 1. The van der Waals surface area contributed by atoms with Crippen LogP contribution in [0.1, 0.15) is 32.3 Å². The predicted octanol–water partition coefficient (Wildman–Crippen LogP) is 2.31. The van der Waals surface area contributed by atoms with Crippen LogP contribution in [-0.2, 0) is 11.2 Å². The van der Waals surface area contributed by atoms with E-state index in [1.165, 1.54) is 0 Å². The van der Waals surface area contributed by atoms with Crippen molar-refractivity contribution in [3.05, 3.63) is 29.8 Å². The van der Waals surface area contributed by atoms with E-state index in [1.807, 2.05) is 36.1 Å². The zero-order valence-electron chi connectivity index (χ0n) is 13.7. The predicted molar refractivity (Wildman–Crippen MR) is 89.7 cm³/mol. The van der Waals surface area contributed by atoms with Crippen molar-refractivity contribution in [3.63, 3.8) is 0 Å². The van der Waals surface area contributed by atoms with Crippen LogP contribution in [0.4, 0.5) is 10.5 Å². The molecule has 0 radical (unpaired) electrons. The van der Waals surface area contributed by atoms with Crippen molar-refractivity contribution in [2.45, 2.75) is 45.2 Å². The van der Waals surface area contributed by atoms with Crippen molar-refractivity contribution in [1.82, 2.24) is 10.2 Å². The van der Waals surface area contributed by atoms with E-state index in [9.17, 15) is 9.59 Å². The molecule has 126 valence electrons. The molecule has 0 aliphatic heterocycles. The Kier molecular flexibility index (Phi) is 5.98. The lowest BCUT2D eigenvalue weighted by atomic mass is 9.85. The third-order valence-electron chi connectivity index (χ3n) is 4.36. The van der Waals surface area contributed by atoms with Gasteiger partial charge in [0.15, 0.2) is 0 Å². The third-order valence-corrected chi connectivity index (χ3v) is 4.36. The first-order valence-electron chi connectivity index (χ1n) is 8.14. The first kappa shape index (κ1) is 17.3. The lowest BCUT2D eigenvalue weighted by molar-refractivity contribution is -0.139. The second-order valence-corrected chi connectivity index (χ2v) is 5.89. The molecule has 0 saturated heterocycles. The number of carbonyl (C=O) groups excluding carboxylic acids is 1. The Balaban J connectivity index is 1.79. The number of hydrogen-bond donors (Lipinski definition) is 3. The van der Waals surface area contributed by atoms with Gasteiger partial charge in [-0.05, 0) is 37.4 Å². The number of rotatable bonds is 7. The van der Waals surface area contributed by atoms with Crippen LogP contribution in [-0.4, -0.2) is 47.2 Å². The maximum absolute atomic E-state index is 12.1. The molecule has 2 rings (SSSR count). The molecule has 0 bridgehead atoms. The molecule has 1 aliphatic rings. The highest BCUT2D eigenvalue weighted by atomic mass is 16.4. The van der Waals surface area contributed by atoms with E-state index in [2.05, 4.69) is 17.6 Å². The number of nitrogens with zero attached hydrogens (tertiary/aromatic N) is 1. The highest BCUT2D eigenvalue weighted by molar-refractivity contribution is 5.90. The number of benzene rings is 1. The highest BCUT2D eigenvalue weighted by Crippen LogP contribution is 2.25. The van der Waals surface area contributed by atoms with E-state index in [0.29, 0.717) is 6.54 Å². The fraction of sp³-hybridized carbons (Fsp3) is 0.529. The molecule has 1 aromatic rings. The molecule has 0 aromatic heterocycles. The van der Waals surface area contributed by atoms with Crippen LogP contribution in [0.15, 0.2) is 24.3 Å². The number of carbonyl (C=O) groups is 2. The fourth-order valence-electron chi connectivity index (χ4n) is 2.97. The Morgan fingerprint density at radius 1 is 1.26 bits per heavy atom. The number of hydrogen-bond acceptors (Lipinski definition) is 3. The minimum absolute atomic E-state index is 0.0595. The summed E-state index contributed by atoms with van der Waals surface area (Å²) < 4.78 is 0. The van der Waals surface area contributed by atoms with Gasteiger partial charge in [0.2, 0.25) is 0 Å². The van der Waals surface area contributed by atoms with Crippen LogP contribution in [0.3, 0.4) is 0 Å². The lowest BCUT2D eigenvalue weighted by Crippen LogP contribution is -2.55. The van der Waals surface area contributed by atoms with Crippen molar-refractivity contribution in [2.75, 3.05) is 18.4 Å². The van der Waals surface area contributed by atoms with Gasteiger partial charge in [-0.1, -0.05) is 32.0 Å². The molecule has 6 heteroatoms. The van der Waals surface area contributed by atoms with Crippen LogP contribution in [0.25, 0.3) is 0 Å². The zero-order valence-corrected chi connectivity index (χ0v) is 13.7. The number of carboxylic acids is 1. The van der Waals surface area contributed by atoms with E-state index in [0.717, 1.165) is 30.5 Å². The summed E-state index contributed by atoms with van der Waals surface area (Å²) >= 11 is 0. The summed E-state index contributed by atoms with van der Waals surface area (Å²) in [4.78, 5) is 24.8. The van der Waals surface area contributed by atoms with Gasteiger partial charge in [0.1, 0.15) is 0 Å². The molecule has 2 amide bonds. The van der Waals surface area contributed by atoms with Gasteiger partial charge in [-0.15, -0.1) is 0 Å². The van der Waals surface area contributed by atoms with Gasteiger partial charge in [0.05, 0.1) is 6.54 Å². The molecule has 0 heterocycles. The molecule has 0 atom stereocenters. The van der Waals surface area contributed by atoms with Crippen molar-refractivity contribution in [1.29, 1.82) is 0 Å². The minimum atomic E-state index is -0.808. The van der Waals surface area contributed by atoms with Gasteiger partial charge in [-0.25, -0.2) is 4.79 Å². The SMILES string of the molecule is CCc1ccccc1NC(=O)NC1CC(N(CC)CC(=O)O)C1. The number of likely N-dealkylation sites (N-methyl/N-ethyl adjacent to an activating group) is 1. The third kappa shape index (κ3) is 4.69. The van der Waals surface area contributed by atoms with Crippen LogP contribution in [0.2, 0.25) is 0 Å². The molecule has 1 fully saturated rings. The van der Waals surface area contributed by atoms with Crippen molar-refractivity contribution in [2.24, 2.45) is 0 Å². The van der Waals surface area contributed by atoms with E-state index in [1.54, 1.807) is 0 Å². The second-order valence-electron chi connectivity index (χ2n) is 5.89. The Morgan fingerprint density at radius 2 is 1.96 bits per heavy atom. The Labute approximate surface area is 136 Å². The first-order chi connectivity index (χ1) is 11.0. The summed E-state index contributed by atoms with van der Waals surface area (Å²) in [5, 5.41) is 14.7. The standard InChI is InChI=1S/C17H25N3O3/c1-3-12-7-5-6-8-15(12)19-17(23)18-13-9-14(10-13)20(4-2)11-16(21)22/h5-8,13-14H,3-4,9-11H2,1-2H3,(H,21,22)(H2,18,19,23). The molecule has 0 spiro atoms. The lowest BCUT2D eigenvalue weighted by Gasteiger charge is -2.42. The van der Waals surface area contributed by atoms with Gasteiger partial charge in [0, 0.05) is 17.8 Å². The summed E-state index contributed by atoms with van der Waals surface area (Å²) in [5.41, 5.74) is 1.94. The molecule has 23 heavy (non-hydrogen) atoms. The monoisotopic (exact) mass is 319 g/mol. The Hall–Kier alpha value is -2.08. The van der Waals surface area contributed by atoms with Crippen LogP contribution >= 0.6 is 0 Å². The maximum atomic E-state index is 12.1. The van der Waals surface area contributed by atoms with Gasteiger partial charge in [-0.3, -0.25) is 9.69 Å². The summed E-state index contributed by atoms with van der Waals surface area (Å²) in [6.07, 6.45) is 2.45. The van der Waals surface area contributed by atoms with Gasteiger partial charge in [0.25, 0.3) is 0 Å². The number of urea groups is 1. The largest absolute Gasteiger partial charge is 0.480 e. The Morgan fingerprint density at radius 3 is 2.57 bits per heavy atom. The molecule has 1 saturated carbocycles. The number of aliphatic carboxylic acids is 1.